The van der Waals surface area contributed by atoms with Crippen molar-refractivity contribution in [1.29, 1.82) is 0 Å². The molecule has 22 heavy (non-hydrogen) atoms. The second-order valence-electron chi connectivity index (χ2n) is 5.46. The lowest BCUT2D eigenvalue weighted by atomic mass is 10.0. The van der Waals surface area contributed by atoms with E-state index in [1.165, 1.54) is 5.56 Å². The molecule has 3 nitrogen and oxygen atoms in total. The molecule has 0 saturated carbocycles. The summed E-state index contributed by atoms with van der Waals surface area (Å²) in [5.74, 6) is 0.841. The highest BCUT2D eigenvalue weighted by Crippen LogP contribution is 2.18. The summed E-state index contributed by atoms with van der Waals surface area (Å²) in [6, 6.07) is 16.0. The van der Waals surface area contributed by atoms with Crippen molar-refractivity contribution in [3.63, 3.8) is 0 Å². The van der Waals surface area contributed by atoms with Crippen LogP contribution in [-0.2, 0) is 11.2 Å². The molecule has 0 spiro atoms. The zero-order valence-corrected chi connectivity index (χ0v) is 13.4. The maximum atomic E-state index is 12.2. The summed E-state index contributed by atoms with van der Waals surface area (Å²) in [4.78, 5) is 12.2. The van der Waals surface area contributed by atoms with Gasteiger partial charge < -0.3 is 10.1 Å². The molecule has 116 valence electrons. The molecule has 0 fully saturated rings. The lowest BCUT2D eigenvalue weighted by molar-refractivity contribution is -0.121. The molecule has 2 aromatic carbocycles. The molecular formula is C19H23NO2. The number of nitrogens with one attached hydrogen (secondary N) is 1. The molecule has 0 aromatic heterocycles. The van der Waals surface area contributed by atoms with E-state index in [-0.39, 0.29) is 11.9 Å². The van der Waals surface area contributed by atoms with Gasteiger partial charge in [0.2, 0.25) is 5.91 Å². The number of rotatable bonds is 6. The van der Waals surface area contributed by atoms with Crippen LogP contribution in [0.5, 0.6) is 5.75 Å². The molecule has 1 N–H and O–H groups in total. The van der Waals surface area contributed by atoms with E-state index in [1.807, 2.05) is 24.3 Å². The molecule has 0 aliphatic rings. The molecule has 0 radical (unpaired) electrons. The Bertz CT molecular complexity index is 602. The van der Waals surface area contributed by atoms with Gasteiger partial charge in [0.25, 0.3) is 0 Å². The molecule has 0 bridgehead atoms. The number of hydrogen-bond donors (Lipinski definition) is 1. The summed E-state index contributed by atoms with van der Waals surface area (Å²) in [6.45, 7) is 4.14. The van der Waals surface area contributed by atoms with Crippen LogP contribution < -0.4 is 10.1 Å². The molecule has 1 atom stereocenters. The molecular weight excluding hydrogens is 274 g/mol. The van der Waals surface area contributed by atoms with E-state index in [4.69, 9.17) is 4.74 Å². The van der Waals surface area contributed by atoms with Gasteiger partial charge >= 0.3 is 0 Å². The summed E-state index contributed by atoms with van der Waals surface area (Å²) < 4.78 is 5.12. The largest absolute Gasteiger partial charge is 0.497 e. The Morgan fingerprint density at radius 1 is 1.09 bits per heavy atom. The van der Waals surface area contributed by atoms with Crippen LogP contribution in [0.15, 0.2) is 48.5 Å². The van der Waals surface area contributed by atoms with Gasteiger partial charge in [0.1, 0.15) is 5.75 Å². The van der Waals surface area contributed by atoms with Gasteiger partial charge in [-0.3, -0.25) is 4.79 Å². The van der Waals surface area contributed by atoms with E-state index in [2.05, 4.69) is 43.4 Å². The first-order valence-corrected chi connectivity index (χ1v) is 7.61. The molecule has 1 amide bonds. The van der Waals surface area contributed by atoms with E-state index in [9.17, 15) is 4.79 Å². The van der Waals surface area contributed by atoms with E-state index >= 15 is 0 Å². The first-order valence-electron chi connectivity index (χ1n) is 7.61. The average molecular weight is 297 g/mol. The topological polar surface area (TPSA) is 38.3 Å². The second-order valence-corrected chi connectivity index (χ2v) is 5.46. The van der Waals surface area contributed by atoms with Crippen LogP contribution >= 0.6 is 0 Å². The van der Waals surface area contributed by atoms with E-state index in [0.717, 1.165) is 23.3 Å². The minimum Gasteiger partial charge on any atom is -0.497 e. The molecule has 0 heterocycles. The predicted molar refractivity (Wildman–Crippen MR) is 89.1 cm³/mol. The SMILES string of the molecule is CCC(NC(=O)Cc1ccc(OC)cc1)c1ccc(C)cc1. The van der Waals surface area contributed by atoms with E-state index < -0.39 is 0 Å². The Labute approximate surface area is 132 Å². The molecule has 2 rings (SSSR count). The third-order valence-corrected chi connectivity index (χ3v) is 3.75. The Kier molecular flexibility index (Phi) is 5.59. The highest BCUT2D eigenvalue weighted by Gasteiger charge is 2.13. The number of hydrogen-bond acceptors (Lipinski definition) is 2. The van der Waals surface area contributed by atoms with Crippen LogP contribution in [0.4, 0.5) is 0 Å². The zero-order chi connectivity index (χ0) is 15.9. The fraction of sp³-hybridized carbons (Fsp3) is 0.316. The zero-order valence-electron chi connectivity index (χ0n) is 13.4. The van der Waals surface area contributed by atoms with Crippen molar-refractivity contribution >= 4 is 5.91 Å². The number of benzene rings is 2. The summed E-state index contributed by atoms with van der Waals surface area (Å²) in [5.41, 5.74) is 3.36. The Morgan fingerprint density at radius 3 is 2.27 bits per heavy atom. The normalized spacial score (nSPS) is 11.8. The molecule has 2 aromatic rings. The van der Waals surface area contributed by atoms with Crippen LogP contribution in [0.25, 0.3) is 0 Å². The van der Waals surface area contributed by atoms with Crippen LogP contribution in [0.2, 0.25) is 0 Å². The standard InChI is InChI=1S/C19H23NO2/c1-4-18(16-9-5-14(2)6-10-16)20-19(21)13-15-7-11-17(22-3)12-8-15/h5-12,18H,4,13H2,1-3H3,(H,20,21). The first-order chi connectivity index (χ1) is 10.6. The number of amides is 1. The quantitative estimate of drug-likeness (QED) is 0.880. The Morgan fingerprint density at radius 2 is 1.73 bits per heavy atom. The monoisotopic (exact) mass is 297 g/mol. The van der Waals surface area contributed by atoms with Crippen LogP contribution in [0.1, 0.15) is 36.1 Å². The summed E-state index contributed by atoms with van der Waals surface area (Å²) in [7, 11) is 1.63. The van der Waals surface area contributed by atoms with Crippen LogP contribution in [0.3, 0.4) is 0 Å². The number of methoxy groups -OCH3 is 1. The fourth-order valence-electron chi connectivity index (χ4n) is 2.39. The van der Waals surface area contributed by atoms with Gasteiger partial charge in [-0.05, 0) is 36.6 Å². The van der Waals surface area contributed by atoms with Gasteiger partial charge in [0.15, 0.2) is 0 Å². The molecule has 3 heteroatoms. The first kappa shape index (κ1) is 16.1. The van der Waals surface area contributed by atoms with E-state index in [1.54, 1.807) is 7.11 Å². The summed E-state index contributed by atoms with van der Waals surface area (Å²) >= 11 is 0. The fourth-order valence-corrected chi connectivity index (χ4v) is 2.39. The number of aryl methyl sites for hydroxylation is 1. The van der Waals surface area contributed by atoms with Crippen molar-refractivity contribution in [3.8, 4) is 5.75 Å². The van der Waals surface area contributed by atoms with Crippen LogP contribution in [-0.4, -0.2) is 13.0 Å². The van der Waals surface area contributed by atoms with Crippen LogP contribution in [0, 0.1) is 6.92 Å². The third kappa shape index (κ3) is 4.35. The van der Waals surface area contributed by atoms with Crippen molar-refractivity contribution in [3.05, 3.63) is 65.2 Å². The molecule has 1 unspecified atom stereocenters. The van der Waals surface area contributed by atoms with Gasteiger partial charge in [-0.15, -0.1) is 0 Å². The second kappa shape index (κ2) is 7.64. The van der Waals surface area contributed by atoms with Crippen molar-refractivity contribution in [2.45, 2.75) is 32.7 Å². The maximum absolute atomic E-state index is 12.2. The van der Waals surface area contributed by atoms with Crippen molar-refractivity contribution in [2.24, 2.45) is 0 Å². The lowest BCUT2D eigenvalue weighted by Gasteiger charge is -2.18. The minimum absolute atomic E-state index is 0.0394. The van der Waals surface area contributed by atoms with Gasteiger partial charge in [-0.25, -0.2) is 0 Å². The Hall–Kier alpha value is -2.29. The van der Waals surface area contributed by atoms with Crippen molar-refractivity contribution < 1.29 is 9.53 Å². The minimum atomic E-state index is 0.0394. The Balaban J connectivity index is 1.98. The highest BCUT2D eigenvalue weighted by molar-refractivity contribution is 5.79. The number of carbonyl (C=O) groups excluding carboxylic acids is 1. The highest BCUT2D eigenvalue weighted by atomic mass is 16.5. The molecule has 0 aliphatic heterocycles. The summed E-state index contributed by atoms with van der Waals surface area (Å²) in [5, 5.41) is 3.11. The van der Waals surface area contributed by atoms with E-state index in [0.29, 0.717) is 6.42 Å². The lowest BCUT2D eigenvalue weighted by Crippen LogP contribution is -2.29. The smallest absolute Gasteiger partial charge is 0.224 e. The van der Waals surface area contributed by atoms with Gasteiger partial charge in [-0.1, -0.05) is 48.9 Å². The van der Waals surface area contributed by atoms with Gasteiger partial charge in [-0.2, -0.15) is 0 Å². The van der Waals surface area contributed by atoms with Gasteiger partial charge in [0, 0.05) is 0 Å². The average Bonchev–Trinajstić information content (AvgIpc) is 2.54. The molecule has 0 aliphatic carbocycles. The summed E-state index contributed by atoms with van der Waals surface area (Å²) in [6.07, 6.45) is 1.25. The number of ether oxygens (including phenoxy) is 1. The number of carbonyl (C=O) groups is 1. The van der Waals surface area contributed by atoms with Gasteiger partial charge in [0.05, 0.1) is 19.6 Å². The molecule has 0 saturated heterocycles. The van der Waals surface area contributed by atoms with Crippen molar-refractivity contribution in [1.82, 2.24) is 5.32 Å². The maximum Gasteiger partial charge on any atom is 0.224 e. The predicted octanol–water partition coefficient (Wildman–Crippen LogP) is 3.81. The van der Waals surface area contributed by atoms with Crippen molar-refractivity contribution in [2.75, 3.05) is 7.11 Å². The third-order valence-electron chi connectivity index (χ3n) is 3.75.